The number of benzene rings is 2. The van der Waals surface area contributed by atoms with Crippen molar-refractivity contribution < 1.29 is 9.90 Å². The van der Waals surface area contributed by atoms with Crippen molar-refractivity contribution >= 4 is 11.7 Å². The molecule has 3 nitrogen and oxygen atoms in total. The molecule has 0 atom stereocenters. The predicted molar refractivity (Wildman–Crippen MR) is 85.7 cm³/mol. The molecule has 0 aliphatic rings. The first-order valence-corrected chi connectivity index (χ1v) is 7.15. The molecular formula is C18H21NO2. The fourth-order valence-electron chi connectivity index (χ4n) is 2.61. The minimum Gasteiger partial charge on any atom is -0.481 e. The van der Waals surface area contributed by atoms with E-state index in [1.165, 1.54) is 16.7 Å². The van der Waals surface area contributed by atoms with Crippen molar-refractivity contribution in [2.75, 3.05) is 11.4 Å². The van der Waals surface area contributed by atoms with Gasteiger partial charge in [0.25, 0.3) is 0 Å². The van der Waals surface area contributed by atoms with E-state index in [1.807, 2.05) is 24.3 Å². The zero-order valence-electron chi connectivity index (χ0n) is 12.5. The summed E-state index contributed by atoms with van der Waals surface area (Å²) < 4.78 is 0. The lowest BCUT2D eigenvalue weighted by Crippen LogP contribution is -2.27. The number of carbonyl (C=O) groups is 1. The molecule has 0 saturated heterocycles. The molecule has 0 bridgehead atoms. The van der Waals surface area contributed by atoms with Gasteiger partial charge in [-0.25, -0.2) is 0 Å². The number of hydrogen-bond donors (Lipinski definition) is 1. The SMILES string of the molecule is Cc1cccc(C)c1N(CCC(=O)O)Cc1ccccc1. The molecule has 0 aliphatic heterocycles. The second kappa shape index (κ2) is 6.93. The van der Waals surface area contributed by atoms with E-state index in [-0.39, 0.29) is 6.42 Å². The van der Waals surface area contributed by atoms with Crippen molar-refractivity contribution in [2.24, 2.45) is 0 Å². The lowest BCUT2D eigenvalue weighted by atomic mass is 10.1. The van der Waals surface area contributed by atoms with E-state index in [9.17, 15) is 4.79 Å². The molecule has 0 amide bonds. The predicted octanol–water partition coefficient (Wildman–Crippen LogP) is 3.78. The van der Waals surface area contributed by atoms with Gasteiger partial charge in [0.2, 0.25) is 0 Å². The maximum Gasteiger partial charge on any atom is 0.305 e. The standard InChI is InChI=1S/C18H21NO2/c1-14-7-6-8-15(2)18(14)19(12-11-17(20)21)13-16-9-4-3-5-10-16/h3-10H,11-13H2,1-2H3,(H,20,21). The molecule has 0 aromatic heterocycles. The molecule has 2 aromatic rings. The van der Waals surface area contributed by atoms with Crippen molar-refractivity contribution in [3.63, 3.8) is 0 Å². The Morgan fingerprint density at radius 2 is 1.62 bits per heavy atom. The summed E-state index contributed by atoms with van der Waals surface area (Å²) in [7, 11) is 0. The third-order valence-electron chi connectivity index (χ3n) is 3.57. The van der Waals surface area contributed by atoms with Crippen LogP contribution in [0.4, 0.5) is 5.69 Å². The number of anilines is 1. The summed E-state index contributed by atoms with van der Waals surface area (Å²) in [6.07, 6.45) is 0.139. The summed E-state index contributed by atoms with van der Waals surface area (Å²) in [6, 6.07) is 16.3. The van der Waals surface area contributed by atoms with Gasteiger partial charge >= 0.3 is 5.97 Å². The van der Waals surface area contributed by atoms with Gasteiger partial charge in [0.05, 0.1) is 6.42 Å². The van der Waals surface area contributed by atoms with Crippen LogP contribution in [0.5, 0.6) is 0 Å². The van der Waals surface area contributed by atoms with Gasteiger partial charge < -0.3 is 10.0 Å². The summed E-state index contributed by atoms with van der Waals surface area (Å²) in [6.45, 7) is 5.37. The highest BCUT2D eigenvalue weighted by Crippen LogP contribution is 2.26. The molecular weight excluding hydrogens is 262 g/mol. The van der Waals surface area contributed by atoms with Gasteiger partial charge in [-0.2, -0.15) is 0 Å². The first kappa shape index (κ1) is 15.1. The highest BCUT2D eigenvalue weighted by molar-refractivity contribution is 5.68. The first-order valence-electron chi connectivity index (χ1n) is 7.15. The number of aliphatic carboxylic acids is 1. The molecule has 2 aromatic carbocycles. The number of hydrogen-bond acceptors (Lipinski definition) is 2. The largest absolute Gasteiger partial charge is 0.481 e. The fourth-order valence-corrected chi connectivity index (χ4v) is 2.61. The average molecular weight is 283 g/mol. The maximum atomic E-state index is 10.9. The lowest BCUT2D eigenvalue weighted by Gasteiger charge is -2.28. The van der Waals surface area contributed by atoms with Crippen molar-refractivity contribution in [2.45, 2.75) is 26.8 Å². The second-order valence-corrected chi connectivity index (χ2v) is 5.29. The van der Waals surface area contributed by atoms with E-state index < -0.39 is 5.97 Å². The van der Waals surface area contributed by atoms with Crippen LogP contribution in [0.1, 0.15) is 23.1 Å². The minimum atomic E-state index is -0.765. The molecule has 0 heterocycles. The monoisotopic (exact) mass is 283 g/mol. The van der Waals surface area contributed by atoms with Crippen LogP contribution in [0.15, 0.2) is 48.5 Å². The Morgan fingerprint density at radius 1 is 1.00 bits per heavy atom. The van der Waals surface area contributed by atoms with Crippen LogP contribution in [-0.2, 0) is 11.3 Å². The second-order valence-electron chi connectivity index (χ2n) is 5.29. The van der Waals surface area contributed by atoms with Gasteiger partial charge in [-0.15, -0.1) is 0 Å². The Morgan fingerprint density at radius 3 is 2.19 bits per heavy atom. The molecule has 110 valence electrons. The molecule has 21 heavy (non-hydrogen) atoms. The van der Waals surface area contributed by atoms with Crippen LogP contribution in [-0.4, -0.2) is 17.6 Å². The number of carboxylic acids is 1. The number of para-hydroxylation sites is 1. The van der Waals surface area contributed by atoms with Gasteiger partial charge in [-0.1, -0.05) is 48.5 Å². The highest BCUT2D eigenvalue weighted by Gasteiger charge is 2.13. The van der Waals surface area contributed by atoms with Gasteiger partial charge in [0.15, 0.2) is 0 Å². The molecule has 0 unspecified atom stereocenters. The van der Waals surface area contributed by atoms with Gasteiger partial charge in [-0.05, 0) is 30.5 Å². The van der Waals surface area contributed by atoms with Gasteiger partial charge in [0.1, 0.15) is 0 Å². The van der Waals surface area contributed by atoms with E-state index in [1.54, 1.807) is 0 Å². The minimum absolute atomic E-state index is 0.139. The molecule has 0 saturated carbocycles. The Kier molecular flexibility index (Phi) is 4.99. The number of nitrogens with zero attached hydrogens (tertiary/aromatic N) is 1. The molecule has 1 N–H and O–H groups in total. The molecule has 2 rings (SSSR count). The van der Waals surface area contributed by atoms with Crippen molar-refractivity contribution in [1.29, 1.82) is 0 Å². The zero-order chi connectivity index (χ0) is 15.2. The van der Waals surface area contributed by atoms with E-state index in [2.05, 4.69) is 43.0 Å². The highest BCUT2D eigenvalue weighted by atomic mass is 16.4. The van der Waals surface area contributed by atoms with Crippen LogP contribution in [0.25, 0.3) is 0 Å². The molecule has 0 radical (unpaired) electrons. The summed E-state index contributed by atoms with van der Waals surface area (Å²) in [5.74, 6) is -0.765. The third kappa shape index (κ3) is 4.09. The smallest absolute Gasteiger partial charge is 0.305 e. The van der Waals surface area contributed by atoms with Crippen molar-refractivity contribution in [1.82, 2.24) is 0 Å². The Balaban J connectivity index is 2.29. The Bertz CT molecular complexity index is 588. The number of rotatable bonds is 6. The Labute approximate surface area is 125 Å². The van der Waals surface area contributed by atoms with E-state index in [0.29, 0.717) is 6.54 Å². The van der Waals surface area contributed by atoms with Crippen molar-refractivity contribution in [3.05, 3.63) is 65.2 Å². The van der Waals surface area contributed by atoms with Gasteiger partial charge in [-0.3, -0.25) is 4.79 Å². The van der Waals surface area contributed by atoms with Crippen LogP contribution in [0.2, 0.25) is 0 Å². The topological polar surface area (TPSA) is 40.5 Å². The molecule has 0 spiro atoms. The van der Waals surface area contributed by atoms with Crippen LogP contribution < -0.4 is 4.90 Å². The normalized spacial score (nSPS) is 10.4. The summed E-state index contributed by atoms with van der Waals surface area (Å²) in [5, 5.41) is 8.99. The van der Waals surface area contributed by atoms with Gasteiger partial charge in [0, 0.05) is 18.8 Å². The van der Waals surface area contributed by atoms with Crippen LogP contribution >= 0.6 is 0 Å². The van der Waals surface area contributed by atoms with Crippen molar-refractivity contribution in [3.8, 4) is 0 Å². The quantitative estimate of drug-likeness (QED) is 0.877. The summed E-state index contributed by atoms with van der Waals surface area (Å²) in [5.41, 5.74) is 4.68. The first-order chi connectivity index (χ1) is 10.1. The lowest BCUT2D eigenvalue weighted by molar-refractivity contribution is -0.136. The number of carboxylic acid groups (broad SMARTS) is 1. The Hall–Kier alpha value is -2.29. The van der Waals surface area contributed by atoms with E-state index in [0.717, 1.165) is 12.2 Å². The summed E-state index contributed by atoms with van der Waals surface area (Å²) >= 11 is 0. The maximum absolute atomic E-state index is 10.9. The summed E-state index contributed by atoms with van der Waals surface area (Å²) in [4.78, 5) is 13.1. The van der Waals surface area contributed by atoms with Crippen LogP contribution in [0.3, 0.4) is 0 Å². The molecule has 0 fully saturated rings. The number of aryl methyl sites for hydroxylation is 2. The zero-order valence-corrected chi connectivity index (χ0v) is 12.5. The molecule has 3 heteroatoms. The molecule has 0 aliphatic carbocycles. The van der Waals surface area contributed by atoms with Crippen LogP contribution in [0, 0.1) is 13.8 Å². The average Bonchev–Trinajstić information content (AvgIpc) is 2.45. The van der Waals surface area contributed by atoms with E-state index in [4.69, 9.17) is 5.11 Å². The third-order valence-corrected chi connectivity index (χ3v) is 3.57. The van der Waals surface area contributed by atoms with E-state index >= 15 is 0 Å². The fraction of sp³-hybridized carbons (Fsp3) is 0.278.